The summed E-state index contributed by atoms with van der Waals surface area (Å²) in [5, 5.41) is 7.97. The van der Waals surface area contributed by atoms with E-state index in [0.717, 1.165) is 27.8 Å². The topological polar surface area (TPSA) is 65.2 Å². The molecule has 0 atom stereocenters. The number of hydrogen-bond donors (Lipinski definition) is 0. The number of rotatable bonds is 4. The second-order valence-corrected chi connectivity index (χ2v) is 6.22. The Balaban J connectivity index is 1.71. The number of carbonyl (C=O) groups is 1. The van der Waals surface area contributed by atoms with E-state index in [4.69, 9.17) is 9.15 Å². The molecular weight excluding hydrogens is 316 g/mol. The van der Waals surface area contributed by atoms with Crippen LogP contribution < -0.4 is 0 Å². The summed E-state index contributed by atoms with van der Waals surface area (Å²) >= 11 is 0. The van der Waals surface area contributed by atoms with E-state index in [2.05, 4.69) is 10.2 Å². The summed E-state index contributed by atoms with van der Waals surface area (Å²) in [5.74, 6) is 0.301. The lowest BCUT2D eigenvalue weighted by molar-refractivity contribution is 0.0437. The fourth-order valence-electron chi connectivity index (χ4n) is 2.91. The summed E-state index contributed by atoms with van der Waals surface area (Å²) in [6.07, 6.45) is 0. The van der Waals surface area contributed by atoms with Crippen molar-refractivity contribution in [3.05, 3.63) is 70.1 Å². The highest BCUT2D eigenvalue weighted by atomic mass is 16.5. The molecule has 5 heteroatoms. The van der Waals surface area contributed by atoms with Crippen LogP contribution >= 0.6 is 0 Å². The third kappa shape index (κ3) is 3.76. The molecule has 0 saturated carbocycles. The van der Waals surface area contributed by atoms with Crippen molar-refractivity contribution in [1.29, 1.82) is 0 Å². The van der Waals surface area contributed by atoms with E-state index in [1.165, 1.54) is 0 Å². The fraction of sp³-hybridized carbons (Fsp3) is 0.250. The van der Waals surface area contributed by atoms with E-state index >= 15 is 0 Å². The van der Waals surface area contributed by atoms with E-state index in [-0.39, 0.29) is 18.5 Å². The number of aryl methyl sites for hydroxylation is 4. The maximum Gasteiger partial charge on any atom is 0.339 e. The van der Waals surface area contributed by atoms with Crippen molar-refractivity contribution in [2.24, 2.45) is 0 Å². The van der Waals surface area contributed by atoms with E-state index in [9.17, 15) is 4.79 Å². The van der Waals surface area contributed by atoms with E-state index < -0.39 is 0 Å². The number of aromatic nitrogens is 2. The molecule has 2 aromatic carbocycles. The largest absolute Gasteiger partial charge is 0.452 e. The SMILES string of the molecule is Cc1cccc(-c2nnc(COC(=O)c3c(C)cc(C)cc3C)o2)c1. The number of ether oxygens (including phenoxy) is 1. The van der Waals surface area contributed by atoms with Crippen LogP contribution in [0.25, 0.3) is 11.5 Å². The Bertz CT molecular complexity index is 905. The van der Waals surface area contributed by atoms with Crippen molar-refractivity contribution in [2.45, 2.75) is 34.3 Å². The standard InChI is InChI=1S/C20H20N2O3/c1-12-6-5-7-16(10-12)19-22-21-17(25-19)11-24-20(23)18-14(3)8-13(2)9-15(18)4/h5-10H,11H2,1-4H3. The maximum absolute atomic E-state index is 12.4. The summed E-state index contributed by atoms with van der Waals surface area (Å²) in [7, 11) is 0. The average molecular weight is 336 g/mol. The van der Waals surface area contributed by atoms with Gasteiger partial charge in [0.05, 0.1) is 5.56 Å². The summed E-state index contributed by atoms with van der Waals surface area (Å²) in [6, 6.07) is 11.7. The Kier molecular flexibility index (Phi) is 4.65. The third-order valence-corrected chi connectivity index (χ3v) is 3.94. The third-order valence-electron chi connectivity index (χ3n) is 3.94. The minimum Gasteiger partial charge on any atom is -0.452 e. The van der Waals surface area contributed by atoms with Gasteiger partial charge in [0, 0.05) is 5.56 Å². The van der Waals surface area contributed by atoms with Crippen molar-refractivity contribution in [1.82, 2.24) is 10.2 Å². The van der Waals surface area contributed by atoms with Gasteiger partial charge in [0.1, 0.15) is 0 Å². The van der Waals surface area contributed by atoms with Gasteiger partial charge in [-0.1, -0.05) is 35.4 Å². The smallest absolute Gasteiger partial charge is 0.339 e. The molecule has 1 aromatic heterocycles. The van der Waals surface area contributed by atoms with Crippen LogP contribution in [0.3, 0.4) is 0 Å². The Hall–Kier alpha value is -2.95. The van der Waals surface area contributed by atoms with Gasteiger partial charge in [-0.15, -0.1) is 10.2 Å². The lowest BCUT2D eigenvalue weighted by Gasteiger charge is -2.10. The molecule has 0 spiro atoms. The van der Waals surface area contributed by atoms with Crippen LogP contribution in [0.5, 0.6) is 0 Å². The predicted octanol–water partition coefficient (Wildman–Crippen LogP) is 4.33. The van der Waals surface area contributed by atoms with Gasteiger partial charge >= 0.3 is 5.97 Å². The molecule has 25 heavy (non-hydrogen) atoms. The number of carbonyl (C=O) groups excluding carboxylic acids is 1. The van der Waals surface area contributed by atoms with E-state index in [0.29, 0.717) is 11.5 Å². The zero-order valence-corrected chi connectivity index (χ0v) is 14.8. The second kappa shape index (κ2) is 6.89. The van der Waals surface area contributed by atoms with Crippen LogP contribution in [0.2, 0.25) is 0 Å². The van der Waals surface area contributed by atoms with Crippen molar-refractivity contribution in [3.63, 3.8) is 0 Å². The molecule has 0 aliphatic rings. The molecule has 3 rings (SSSR count). The molecule has 128 valence electrons. The Morgan fingerprint density at radius 2 is 1.72 bits per heavy atom. The van der Waals surface area contributed by atoms with Gasteiger partial charge in [0.2, 0.25) is 5.89 Å². The fourth-order valence-corrected chi connectivity index (χ4v) is 2.91. The molecule has 1 heterocycles. The van der Waals surface area contributed by atoms with Gasteiger partial charge < -0.3 is 9.15 Å². The Morgan fingerprint density at radius 1 is 1.00 bits per heavy atom. The minimum atomic E-state index is -0.384. The summed E-state index contributed by atoms with van der Waals surface area (Å²) in [4.78, 5) is 12.4. The second-order valence-electron chi connectivity index (χ2n) is 6.22. The van der Waals surface area contributed by atoms with E-state index in [1.807, 2.05) is 64.1 Å². The van der Waals surface area contributed by atoms with Crippen LogP contribution in [0.4, 0.5) is 0 Å². The minimum absolute atomic E-state index is 0.0512. The zero-order chi connectivity index (χ0) is 18.0. The van der Waals surface area contributed by atoms with Crippen LogP contribution in [-0.4, -0.2) is 16.2 Å². The highest BCUT2D eigenvalue weighted by Crippen LogP contribution is 2.20. The molecule has 5 nitrogen and oxygen atoms in total. The molecule has 0 unspecified atom stereocenters. The highest BCUT2D eigenvalue weighted by Gasteiger charge is 2.16. The molecule has 0 N–H and O–H groups in total. The van der Waals surface area contributed by atoms with Gasteiger partial charge in [-0.2, -0.15) is 0 Å². The Labute approximate surface area is 146 Å². The molecule has 0 fully saturated rings. The summed E-state index contributed by atoms with van der Waals surface area (Å²) in [6.45, 7) is 7.75. The Morgan fingerprint density at radius 3 is 2.40 bits per heavy atom. The molecule has 0 aliphatic carbocycles. The van der Waals surface area contributed by atoms with Gasteiger partial charge in [-0.25, -0.2) is 4.79 Å². The van der Waals surface area contributed by atoms with Gasteiger partial charge in [0.15, 0.2) is 6.61 Å². The molecule has 0 radical (unpaired) electrons. The summed E-state index contributed by atoms with van der Waals surface area (Å²) < 4.78 is 10.9. The van der Waals surface area contributed by atoms with Gasteiger partial charge in [0.25, 0.3) is 5.89 Å². The van der Waals surface area contributed by atoms with Crippen molar-refractivity contribution in [2.75, 3.05) is 0 Å². The molecule has 0 bridgehead atoms. The first-order chi connectivity index (χ1) is 11.9. The maximum atomic E-state index is 12.4. The van der Waals surface area contributed by atoms with Crippen LogP contribution in [-0.2, 0) is 11.3 Å². The first-order valence-corrected chi connectivity index (χ1v) is 8.08. The molecule has 0 aliphatic heterocycles. The average Bonchev–Trinajstić information content (AvgIpc) is 3.01. The number of hydrogen-bond acceptors (Lipinski definition) is 5. The lowest BCUT2D eigenvalue weighted by Crippen LogP contribution is -2.09. The quantitative estimate of drug-likeness (QED) is 0.664. The molecule has 3 aromatic rings. The van der Waals surface area contributed by atoms with E-state index in [1.54, 1.807) is 0 Å². The van der Waals surface area contributed by atoms with Gasteiger partial charge in [-0.3, -0.25) is 0 Å². The molecule has 0 saturated heterocycles. The first-order valence-electron chi connectivity index (χ1n) is 8.08. The first kappa shape index (κ1) is 16.9. The van der Waals surface area contributed by atoms with Gasteiger partial charge in [-0.05, 0) is 51.0 Å². The monoisotopic (exact) mass is 336 g/mol. The number of benzene rings is 2. The van der Waals surface area contributed by atoms with Crippen LogP contribution in [0, 0.1) is 27.7 Å². The number of esters is 1. The molecular formula is C20H20N2O3. The normalized spacial score (nSPS) is 10.7. The van der Waals surface area contributed by atoms with Crippen molar-refractivity contribution >= 4 is 5.97 Å². The highest BCUT2D eigenvalue weighted by molar-refractivity contribution is 5.92. The molecule has 0 amide bonds. The van der Waals surface area contributed by atoms with Crippen LogP contribution in [0.15, 0.2) is 40.8 Å². The zero-order valence-electron chi connectivity index (χ0n) is 14.8. The number of nitrogens with zero attached hydrogens (tertiary/aromatic N) is 2. The van der Waals surface area contributed by atoms with Crippen molar-refractivity contribution in [3.8, 4) is 11.5 Å². The summed E-state index contributed by atoms with van der Waals surface area (Å²) in [5.41, 5.74) is 5.45. The van der Waals surface area contributed by atoms with Crippen molar-refractivity contribution < 1.29 is 13.9 Å². The van der Waals surface area contributed by atoms with Crippen LogP contribution in [0.1, 0.15) is 38.5 Å². The predicted molar refractivity (Wildman–Crippen MR) is 94.2 cm³/mol. The lowest BCUT2D eigenvalue weighted by atomic mass is 10.00.